The van der Waals surface area contributed by atoms with Crippen LogP contribution in [0.4, 0.5) is 0 Å². The molecule has 0 aliphatic heterocycles. The normalized spacial score (nSPS) is 26.9. The molecule has 1 saturated carbocycles. The van der Waals surface area contributed by atoms with Gasteiger partial charge in [0, 0.05) is 12.1 Å². The van der Waals surface area contributed by atoms with Crippen molar-refractivity contribution < 1.29 is 0 Å². The van der Waals surface area contributed by atoms with Gasteiger partial charge in [-0.3, -0.25) is 0 Å². The second-order valence-corrected chi connectivity index (χ2v) is 4.89. The highest BCUT2D eigenvalue weighted by Gasteiger charge is 2.20. The third-order valence-corrected chi connectivity index (χ3v) is 3.63. The van der Waals surface area contributed by atoms with Crippen molar-refractivity contribution in [3.63, 3.8) is 0 Å². The zero-order chi connectivity index (χ0) is 9.80. The van der Waals surface area contributed by atoms with E-state index in [1.165, 1.54) is 18.4 Å². The summed E-state index contributed by atoms with van der Waals surface area (Å²) in [6.45, 7) is 1.09. The standard InChI is InChI=1S/C11H18N2S/c12-10-1-2-11(7-10)13-5-3-9-4-6-14-8-9/h4,6,8,10-11,13H,1-3,5,7,12H2. The van der Waals surface area contributed by atoms with Crippen LogP contribution in [0.2, 0.25) is 0 Å². The third-order valence-electron chi connectivity index (χ3n) is 2.90. The first kappa shape index (κ1) is 10.1. The molecule has 1 heterocycles. The van der Waals surface area contributed by atoms with Gasteiger partial charge in [0.2, 0.25) is 0 Å². The molecule has 2 unspecified atom stereocenters. The smallest absolute Gasteiger partial charge is 0.00824 e. The van der Waals surface area contributed by atoms with E-state index in [1.54, 1.807) is 11.3 Å². The lowest BCUT2D eigenvalue weighted by Crippen LogP contribution is -2.30. The van der Waals surface area contributed by atoms with Gasteiger partial charge in [-0.25, -0.2) is 0 Å². The predicted octanol–water partition coefficient (Wildman–Crippen LogP) is 1.76. The molecule has 0 aromatic carbocycles. The van der Waals surface area contributed by atoms with Crippen molar-refractivity contribution in [3.05, 3.63) is 22.4 Å². The number of hydrogen-bond donors (Lipinski definition) is 2. The summed E-state index contributed by atoms with van der Waals surface area (Å²) in [6, 6.07) is 3.31. The highest BCUT2D eigenvalue weighted by Crippen LogP contribution is 2.17. The lowest BCUT2D eigenvalue weighted by molar-refractivity contribution is 0.520. The van der Waals surface area contributed by atoms with Gasteiger partial charge in [-0.05, 0) is 54.6 Å². The molecule has 0 radical (unpaired) electrons. The van der Waals surface area contributed by atoms with Gasteiger partial charge in [0.1, 0.15) is 0 Å². The SMILES string of the molecule is NC1CCC(NCCc2ccsc2)C1. The van der Waals surface area contributed by atoms with Gasteiger partial charge in [0.05, 0.1) is 0 Å². The summed E-state index contributed by atoms with van der Waals surface area (Å²) in [5.74, 6) is 0. The summed E-state index contributed by atoms with van der Waals surface area (Å²) >= 11 is 1.77. The van der Waals surface area contributed by atoms with Crippen LogP contribution in [0.1, 0.15) is 24.8 Å². The van der Waals surface area contributed by atoms with E-state index in [9.17, 15) is 0 Å². The van der Waals surface area contributed by atoms with Crippen LogP contribution in [0, 0.1) is 0 Å². The van der Waals surface area contributed by atoms with E-state index in [4.69, 9.17) is 5.73 Å². The molecular weight excluding hydrogens is 192 g/mol. The Morgan fingerprint density at radius 1 is 1.50 bits per heavy atom. The molecule has 0 saturated heterocycles. The Balaban J connectivity index is 1.64. The summed E-state index contributed by atoms with van der Waals surface area (Å²) < 4.78 is 0. The van der Waals surface area contributed by atoms with Gasteiger partial charge in [-0.2, -0.15) is 11.3 Å². The van der Waals surface area contributed by atoms with E-state index >= 15 is 0 Å². The lowest BCUT2D eigenvalue weighted by atomic mass is 10.2. The molecule has 3 heteroatoms. The Kier molecular flexibility index (Phi) is 3.56. The van der Waals surface area contributed by atoms with Crippen molar-refractivity contribution in [1.29, 1.82) is 0 Å². The second kappa shape index (κ2) is 4.91. The maximum atomic E-state index is 5.85. The molecule has 14 heavy (non-hydrogen) atoms. The molecule has 1 aliphatic carbocycles. The van der Waals surface area contributed by atoms with Crippen molar-refractivity contribution in [2.45, 2.75) is 37.8 Å². The van der Waals surface area contributed by atoms with Gasteiger partial charge < -0.3 is 11.1 Å². The number of nitrogens with one attached hydrogen (secondary N) is 1. The molecule has 0 spiro atoms. The van der Waals surface area contributed by atoms with Crippen LogP contribution >= 0.6 is 11.3 Å². The molecule has 2 nitrogen and oxygen atoms in total. The maximum Gasteiger partial charge on any atom is 0.00824 e. The van der Waals surface area contributed by atoms with Crippen LogP contribution in [0.15, 0.2) is 16.8 Å². The summed E-state index contributed by atoms with van der Waals surface area (Å²) in [6.07, 6.45) is 4.75. The summed E-state index contributed by atoms with van der Waals surface area (Å²) in [5, 5.41) is 7.94. The summed E-state index contributed by atoms with van der Waals surface area (Å²) in [5.41, 5.74) is 7.30. The van der Waals surface area contributed by atoms with Crippen LogP contribution in [-0.2, 0) is 6.42 Å². The Morgan fingerprint density at radius 2 is 2.43 bits per heavy atom. The lowest BCUT2D eigenvalue weighted by Gasteiger charge is -2.11. The summed E-state index contributed by atoms with van der Waals surface area (Å²) in [4.78, 5) is 0. The fraction of sp³-hybridized carbons (Fsp3) is 0.636. The zero-order valence-electron chi connectivity index (χ0n) is 8.41. The molecule has 0 bridgehead atoms. The molecular formula is C11H18N2S. The van der Waals surface area contributed by atoms with Gasteiger partial charge in [-0.15, -0.1) is 0 Å². The Hall–Kier alpha value is -0.380. The molecule has 3 N–H and O–H groups in total. The van der Waals surface area contributed by atoms with Crippen LogP contribution in [0.25, 0.3) is 0 Å². The number of rotatable bonds is 4. The van der Waals surface area contributed by atoms with Gasteiger partial charge in [-0.1, -0.05) is 0 Å². The Morgan fingerprint density at radius 3 is 3.07 bits per heavy atom. The fourth-order valence-corrected chi connectivity index (χ4v) is 2.76. The fourth-order valence-electron chi connectivity index (χ4n) is 2.06. The van der Waals surface area contributed by atoms with Crippen LogP contribution < -0.4 is 11.1 Å². The van der Waals surface area contributed by atoms with Crippen molar-refractivity contribution >= 4 is 11.3 Å². The quantitative estimate of drug-likeness (QED) is 0.794. The van der Waals surface area contributed by atoms with Crippen molar-refractivity contribution in [2.75, 3.05) is 6.54 Å². The molecule has 1 aromatic rings. The maximum absolute atomic E-state index is 5.85. The largest absolute Gasteiger partial charge is 0.328 e. The van der Waals surface area contributed by atoms with E-state index in [0.29, 0.717) is 12.1 Å². The average Bonchev–Trinajstić information content (AvgIpc) is 2.77. The van der Waals surface area contributed by atoms with E-state index in [2.05, 4.69) is 22.1 Å². The van der Waals surface area contributed by atoms with E-state index < -0.39 is 0 Å². The molecule has 1 aliphatic rings. The van der Waals surface area contributed by atoms with E-state index in [0.717, 1.165) is 19.4 Å². The molecule has 1 fully saturated rings. The van der Waals surface area contributed by atoms with Crippen LogP contribution in [-0.4, -0.2) is 18.6 Å². The first-order chi connectivity index (χ1) is 6.84. The van der Waals surface area contributed by atoms with Crippen LogP contribution in [0.3, 0.4) is 0 Å². The Labute approximate surface area is 89.5 Å². The molecule has 1 aromatic heterocycles. The Bertz CT molecular complexity index is 258. The van der Waals surface area contributed by atoms with Gasteiger partial charge >= 0.3 is 0 Å². The first-order valence-corrected chi connectivity index (χ1v) is 6.29. The number of nitrogens with two attached hydrogens (primary N) is 1. The van der Waals surface area contributed by atoms with Gasteiger partial charge in [0.25, 0.3) is 0 Å². The van der Waals surface area contributed by atoms with E-state index in [-0.39, 0.29) is 0 Å². The van der Waals surface area contributed by atoms with Crippen LogP contribution in [0.5, 0.6) is 0 Å². The number of hydrogen-bond acceptors (Lipinski definition) is 3. The van der Waals surface area contributed by atoms with Gasteiger partial charge in [0.15, 0.2) is 0 Å². The highest BCUT2D eigenvalue weighted by atomic mass is 32.1. The topological polar surface area (TPSA) is 38.0 Å². The monoisotopic (exact) mass is 210 g/mol. The minimum atomic E-state index is 0.439. The van der Waals surface area contributed by atoms with E-state index in [1.807, 2.05) is 0 Å². The predicted molar refractivity (Wildman–Crippen MR) is 61.6 cm³/mol. The zero-order valence-corrected chi connectivity index (χ0v) is 9.22. The molecule has 0 amide bonds. The minimum Gasteiger partial charge on any atom is -0.328 e. The van der Waals surface area contributed by atoms with Crippen molar-refractivity contribution in [2.24, 2.45) is 5.73 Å². The summed E-state index contributed by atoms with van der Waals surface area (Å²) in [7, 11) is 0. The average molecular weight is 210 g/mol. The minimum absolute atomic E-state index is 0.439. The first-order valence-electron chi connectivity index (χ1n) is 5.34. The highest BCUT2D eigenvalue weighted by molar-refractivity contribution is 7.07. The molecule has 2 rings (SSSR count). The molecule has 78 valence electrons. The van der Waals surface area contributed by atoms with Crippen molar-refractivity contribution in [3.8, 4) is 0 Å². The second-order valence-electron chi connectivity index (χ2n) is 4.11. The molecule has 2 atom stereocenters. The van der Waals surface area contributed by atoms with Crippen molar-refractivity contribution in [1.82, 2.24) is 5.32 Å². The number of thiophene rings is 1. The third kappa shape index (κ3) is 2.80.